The van der Waals surface area contributed by atoms with E-state index in [1.807, 2.05) is 0 Å². The minimum absolute atomic E-state index is 0.255. The molecule has 0 bridgehead atoms. The average molecular weight is 284 g/mol. The average Bonchev–Trinajstić information content (AvgIpc) is 2.28. The van der Waals surface area contributed by atoms with Crippen molar-refractivity contribution in [2.75, 3.05) is 0 Å². The van der Waals surface area contributed by atoms with Gasteiger partial charge in [0.1, 0.15) is 0 Å². The van der Waals surface area contributed by atoms with Crippen molar-refractivity contribution in [1.82, 2.24) is 5.32 Å². The van der Waals surface area contributed by atoms with Crippen LogP contribution in [0.5, 0.6) is 0 Å². The van der Waals surface area contributed by atoms with E-state index in [0.29, 0.717) is 5.56 Å². The molecule has 2 nitrogen and oxygen atoms in total. The molecular formula is C11H10ClF4NO. The maximum atomic E-state index is 12.7. The van der Waals surface area contributed by atoms with Crippen molar-refractivity contribution in [3.05, 3.63) is 34.9 Å². The van der Waals surface area contributed by atoms with Gasteiger partial charge in [-0.2, -0.15) is 8.78 Å². The third-order valence-corrected chi connectivity index (χ3v) is 2.64. The van der Waals surface area contributed by atoms with E-state index in [-0.39, 0.29) is 5.02 Å². The summed E-state index contributed by atoms with van der Waals surface area (Å²) in [6.07, 6.45) is -4.05. The number of hydrogen-bond acceptors (Lipinski definition) is 1. The zero-order chi connectivity index (χ0) is 13.9. The second kappa shape index (κ2) is 5.56. The van der Waals surface area contributed by atoms with Gasteiger partial charge in [-0.3, -0.25) is 4.79 Å². The van der Waals surface area contributed by atoms with Gasteiger partial charge in [-0.25, -0.2) is 8.78 Å². The molecule has 18 heavy (non-hydrogen) atoms. The Hall–Kier alpha value is -1.30. The van der Waals surface area contributed by atoms with Gasteiger partial charge in [0.05, 0.1) is 6.04 Å². The third kappa shape index (κ3) is 3.13. The second-order valence-corrected chi connectivity index (χ2v) is 4.05. The topological polar surface area (TPSA) is 29.1 Å². The summed E-state index contributed by atoms with van der Waals surface area (Å²) in [5.74, 6) is -6.74. The third-order valence-electron chi connectivity index (χ3n) is 2.30. The molecule has 0 aliphatic heterocycles. The molecule has 1 aromatic rings. The first-order valence-electron chi connectivity index (χ1n) is 4.98. The van der Waals surface area contributed by atoms with E-state index in [1.165, 1.54) is 19.1 Å². The zero-order valence-electron chi connectivity index (χ0n) is 9.26. The molecule has 0 unspecified atom stereocenters. The summed E-state index contributed by atoms with van der Waals surface area (Å²) in [6, 6.07) is 5.33. The van der Waals surface area contributed by atoms with Crippen molar-refractivity contribution >= 4 is 17.5 Å². The van der Waals surface area contributed by atoms with Gasteiger partial charge >= 0.3 is 12.3 Å². The van der Waals surface area contributed by atoms with Gasteiger partial charge in [-0.1, -0.05) is 29.8 Å². The zero-order valence-corrected chi connectivity index (χ0v) is 10.0. The normalized spacial score (nSPS) is 13.5. The highest BCUT2D eigenvalue weighted by molar-refractivity contribution is 6.31. The van der Waals surface area contributed by atoms with E-state index in [4.69, 9.17) is 11.6 Å². The molecule has 1 rings (SSSR count). The standard InChI is InChI=1S/C11H10ClF4NO/c1-6(7-4-2-3-5-8(7)12)17-10(18)11(15,16)9(13)14/h2-6,9H,1H3,(H,17,18)/t6-/m0/s1. The van der Waals surface area contributed by atoms with Crippen LogP contribution in [0.25, 0.3) is 0 Å². The van der Waals surface area contributed by atoms with Crippen LogP contribution in [-0.2, 0) is 4.79 Å². The largest absolute Gasteiger partial charge is 0.383 e. The molecule has 0 heterocycles. The number of alkyl halides is 4. The summed E-state index contributed by atoms with van der Waals surface area (Å²) in [5, 5.41) is 2.06. The Bertz CT molecular complexity index is 439. The fourth-order valence-electron chi connectivity index (χ4n) is 1.30. The van der Waals surface area contributed by atoms with Crippen LogP contribution < -0.4 is 5.32 Å². The number of benzene rings is 1. The number of hydrogen-bond donors (Lipinski definition) is 1. The fraction of sp³-hybridized carbons (Fsp3) is 0.364. The summed E-state index contributed by atoms with van der Waals surface area (Å²) in [5.41, 5.74) is 0.373. The molecule has 0 fully saturated rings. The molecular weight excluding hydrogens is 274 g/mol. The molecule has 0 spiro atoms. The van der Waals surface area contributed by atoms with Crippen LogP contribution in [0.4, 0.5) is 17.6 Å². The summed E-state index contributed by atoms with van der Waals surface area (Å²) in [4.78, 5) is 11.0. The van der Waals surface area contributed by atoms with E-state index < -0.39 is 24.3 Å². The lowest BCUT2D eigenvalue weighted by Gasteiger charge is -2.20. The number of carbonyl (C=O) groups is 1. The summed E-state index contributed by atoms with van der Waals surface area (Å²) >= 11 is 5.79. The molecule has 1 aromatic carbocycles. The van der Waals surface area contributed by atoms with Crippen LogP contribution in [0.3, 0.4) is 0 Å². The maximum Gasteiger partial charge on any atom is 0.383 e. The summed E-state index contributed by atoms with van der Waals surface area (Å²) < 4.78 is 49.4. The van der Waals surface area contributed by atoms with Crippen LogP contribution in [0.15, 0.2) is 24.3 Å². The van der Waals surface area contributed by atoms with Crippen molar-refractivity contribution in [3.8, 4) is 0 Å². The quantitative estimate of drug-likeness (QED) is 0.843. The monoisotopic (exact) mass is 283 g/mol. The Morgan fingerprint density at radius 3 is 2.39 bits per heavy atom. The highest BCUT2D eigenvalue weighted by Crippen LogP contribution is 2.26. The molecule has 0 aliphatic carbocycles. The van der Waals surface area contributed by atoms with Crippen LogP contribution in [0.2, 0.25) is 5.02 Å². The van der Waals surface area contributed by atoms with Crippen LogP contribution >= 0.6 is 11.6 Å². The molecule has 100 valence electrons. The number of halogens is 5. The van der Waals surface area contributed by atoms with Crippen molar-refractivity contribution in [1.29, 1.82) is 0 Å². The van der Waals surface area contributed by atoms with Crippen molar-refractivity contribution < 1.29 is 22.4 Å². The summed E-state index contributed by atoms with van der Waals surface area (Å²) in [6.45, 7) is 1.38. The SMILES string of the molecule is C[C@H](NC(=O)C(F)(F)C(F)F)c1ccccc1Cl. The Morgan fingerprint density at radius 1 is 1.33 bits per heavy atom. The molecule has 1 N–H and O–H groups in total. The molecule has 0 aromatic heterocycles. The lowest BCUT2D eigenvalue weighted by atomic mass is 10.1. The Balaban J connectivity index is 2.81. The van der Waals surface area contributed by atoms with Gasteiger partial charge in [0.25, 0.3) is 5.91 Å². The van der Waals surface area contributed by atoms with Crippen LogP contribution in [0, 0.1) is 0 Å². The number of nitrogens with one attached hydrogen (secondary N) is 1. The minimum Gasteiger partial charge on any atom is -0.344 e. The van der Waals surface area contributed by atoms with Gasteiger partial charge in [0.15, 0.2) is 0 Å². The first kappa shape index (κ1) is 14.8. The molecule has 0 aliphatic rings. The van der Waals surface area contributed by atoms with Crippen LogP contribution in [0.1, 0.15) is 18.5 Å². The van der Waals surface area contributed by atoms with Gasteiger partial charge < -0.3 is 5.32 Å². The van der Waals surface area contributed by atoms with E-state index in [9.17, 15) is 22.4 Å². The molecule has 1 atom stereocenters. The predicted octanol–water partition coefficient (Wildman–Crippen LogP) is 3.42. The van der Waals surface area contributed by atoms with Crippen molar-refractivity contribution in [2.45, 2.75) is 25.3 Å². The molecule has 0 saturated heterocycles. The first-order valence-corrected chi connectivity index (χ1v) is 5.36. The van der Waals surface area contributed by atoms with E-state index >= 15 is 0 Å². The van der Waals surface area contributed by atoms with Gasteiger partial charge in [0, 0.05) is 5.02 Å². The molecule has 0 radical (unpaired) electrons. The second-order valence-electron chi connectivity index (χ2n) is 3.64. The van der Waals surface area contributed by atoms with Crippen molar-refractivity contribution in [3.63, 3.8) is 0 Å². The van der Waals surface area contributed by atoms with E-state index in [1.54, 1.807) is 17.4 Å². The summed E-state index contributed by atoms with van der Waals surface area (Å²) in [7, 11) is 0. The minimum atomic E-state index is -4.71. The molecule has 1 amide bonds. The Labute approximate surface area is 106 Å². The van der Waals surface area contributed by atoms with Crippen LogP contribution in [-0.4, -0.2) is 18.3 Å². The number of carbonyl (C=O) groups excluding carboxylic acids is 1. The Kier molecular flexibility index (Phi) is 4.56. The van der Waals surface area contributed by atoms with Gasteiger partial charge in [-0.05, 0) is 18.6 Å². The highest BCUT2D eigenvalue weighted by atomic mass is 35.5. The van der Waals surface area contributed by atoms with Crippen molar-refractivity contribution in [2.24, 2.45) is 0 Å². The van der Waals surface area contributed by atoms with Gasteiger partial charge in [-0.15, -0.1) is 0 Å². The first-order chi connectivity index (χ1) is 8.26. The molecule has 0 saturated carbocycles. The Morgan fingerprint density at radius 2 is 1.89 bits per heavy atom. The molecule has 7 heteroatoms. The predicted molar refractivity (Wildman–Crippen MR) is 59.0 cm³/mol. The lowest BCUT2D eigenvalue weighted by Crippen LogP contribution is -2.46. The smallest absolute Gasteiger partial charge is 0.344 e. The highest BCUT2D eigenvalue weighted by Gasteiger charge is 2.49. The fourth-order valence-corrected chi connectivity index (χ4v) is 1.60. The number of rotatable bonds is 4. The van der Waals surface area contributed by atoms with E-state index in [0.717, 1.165) is 0 Å². The van der Waals surface area contributed by atoms with Gasteiger partial charge in [0.2, 0.25) is 0 Å². The lowest BCUT2D eigenvalue weighted by molar-refractivity contribution is -0.170. The van der Waals surface area contributed by atoms with E-state index in [2.05, 4.69) is 0 Å². The maximum absolute atomic E-state index is 12.7. The number of amides is 1.